The van der Waals surface area contributed by atoms with E-state index in [2.05, 4.69) is 22.0 Å². The lowest BCUT2D eigenvalue weighted by atomic mass is 10.2. The van der Waals surface area contributed by atoms with Crippen LogP contribution in [0.25, 0.3) is 0 Å². The summed E-state index contributed by atoms with van der Waals surface area (Å²) in [4.78, 5) is 0.357. The van der Waals surface area contributed by atoms with Gasteiger partial charge in [-0.15, -0.1) is 0 Å². The second-order valence-corrected chi connectivity index (χ2v) is 6.99. The molecule has 0 aliphatic carbocycles. The summed E-state index contributed by atoms with van der Waals surface area (Å²) >= 11 is 3.30. The molecule has 0 unspecified atom stereocenters. The van der Waals surface area contributed by atoms with Crippen molar-refractivity contribution >= 4 is 26.0 Å². The normalized spacial score (nSPS) is 17.9. The molecule has 3 nitrogen and oxygen atoms in total. The van der Waals surface area contributed by atoms with Gasteiger partial charge in [-0.3, -0.25) is 0 Å². The fraction of sp³-hybridized carbons (Fsp3) is 0.333. The van der Waals surface area contributed by atoms with Crippen LogP contribution < -0.4 is 0 Å². The Balaban J connectivity index is 2.30. The summed E-state index contributed by atoms with van der Waals surface area (Å²) in [6, 6.07) is 6.76. The number of hydrogen-bond donors (Lipinski definition) is 0. The van der Waals surface area contributed by atoms with Crippen molar-refractivity contribution in [2.24, 2.45) is 0 Å². The number of rotatable bonds is 2. The zero-order valence-corrected chi connectivity index (χ0v) is 12.0. The van der Waals surface area contributed by atoms with Crippen molar-refractivity contribution in [3.05, 3.63) is 40.4 Å². The van der Waals surface area contributed by atoms with Crippen LogP contribution in [0.2, 0.25) is 0 Å². The zero-order chi connectivity index (χ0) is 12.5. The predicted molar refractivity (Wildman–Crippen MR) is 71.3 cm³/mol. The summed E-state index contributed by atoms with van der Waals surface area (Å²) in [5, 5.41) is 0. The molecule has 92 valence electrons. The molecule has 0 bridgehead atoms. The standard InChI is InChI=1S/C12H14BrNO2S/c1-10-3-2-8-14(9-10)17(15,16)12-6-4-11(13)5-7-12/h3-7H,2,8-9H2,1H3. The highest BCUT2D eigenvalue weighted by molar-refractivity contribution is 9.10. The van der Waals surface area contributed by atoms with Crippen LogP contribution in [0.5, 0.6) is 0 Å². The van der Waals surface area contributed by atoms with Crippen molar-refractivity contribution in [1.82, 2.24) is 4.31 Å². The molecule has 0 fully saturated rings. The molecule has 1 heterocycles. The Labute approximate surface area is 110 Å². The third-order valence-electron chi connectivity index (χ3n) is 2.75. The third-order valence-corrected chi connectivity index (χ3v) is 5.14. The van der Waals surface area contributed by atoms with E-state index in [0.29, 0.717) is 18.0 Å². The Hall–Kier alpha value is -0.650. The van der Waals surface area contributed by atoms with Crippen molar-refractivity contribution in [3.8, 4) is 0 Å². The van der Waals surface area contributed by atoms with Gasteiger partial charge in [-0.2, -0.15) is 4.31 Å². The van der Waals surface area contributed by atoms with Gasteiger partial charge in [0.1, 0.15) is 0 Å². The molecule has 0 radical (unpaired) electrons. The number of benzene rings is 1. The molecule has 0 spiro atoms. The first kappa shape index (κ1) is 12.8. The maximum Gasteiger partial charge on any atom is 0.243 e. The van der Waals surface area contributed by atoms with Crippen LogP contribution >= 0.6 is 15.9 Å². The van der Waals surface area contributed by atoms with E-state index in [1.165, 1.54) is 4.31 Å². The lowest BCUT2D eigenvalue weighted by Crippen LogP contribution is -2.35. The number of sulfonamides is 1. The first-order valence-corrected chi connectivity index (χ1v) is 7.65. The molecule has 17 heavy (non-hydrogen) atoms. The summed E-state index contributed by atoms with van der Waals surface area (Å²) in [7, 11) is -3.34. The van der Waals surface area contributed by atoms with Gasteiger partial charge in [0.25, 0.3) is 0 Å². The van der Waals surface area contributed by atoms with Gasteiger partial charge in [0.05, 0.1) is 4.90 Å². The Morgan fingerprint density at radius 3 is 2.47 bits per heavy atom. The molecule has 1 aromatic rings. The first-order chi connectivity index (χ1) is 8.00. The van der Waals surface area contributed by atoms with Gasteiger partial charge in [0.15, 0.2) is 0 Å². The van der Waals surface area contributed by atoms with E-state index in [4.69, 9.17) is 0 Å². The van der Waals surface area contributed by atoms with Crippen LogP contribution in [-0.2, 0) is 10.0 Å². The minimum Gasteiger partial charge on any atom is -0.207 e. The Morgan fingerprint density at radius 2 is 1.88 bits per heavy atom. The van der Waals surface area contributed by atoms with Crippen LogP contribution in [0.15, 0.2) is 45.3 Å². The largest absolute Gasteiger partial charge is 0.243 e. The number of hydrogen-bond acceptors (Lipinski definition) is 2. The van der Waals surface area contributed by atoms with Crippen LogP contribution in [0.3, 0.4) is 0 Å². The highest BCUT2D eigenvalue weighted by Crippen LogP contribution is 2.21. The van der Waals surface area contributed by atoms with Crippen LogP contribution in [0, 0.1) is 0 Å². The Kier molecular flexibility index (Phi) is 3.70. The van der Waals surface area contributed by atoms with Crippen molar-refractivity contribution in [2.75, 3.05) is 13.1 Å². The van der Waals surface area contributed by atoms with Crippen molar-refractivity contribution in [3.63, 3.8) is 0 Å². The molecule has 1 aromatic carbocycles. The zero-order valence-electron chi connectivity index (χ0n) is 9.56. The fourth-order valence-corrected chi connectivity index (χ4v) is 3.60. The maximum absolute atomic E-state index is 12.3. The van der Waals surface area contributed by atoms with Gasteiger partial charge in [-0.05, 0) is 37.6 Å². The SMILES string of the molecule is CC1=CCCN(S(=O)(=O)c2ccc(Br)cc2)C1. The first-order valence-electron chi connectivity index (χ1n) is 5.41. The maximum atomic E-state index is 12.3. The minimum atomic E-state index is -3.34. The molecule has 5 heteroatoms. The number of halogens is 1. The highest BCUT2D eigenvalue weighted by Gasteiger charge is 2.25. The predicted octanol–water partition coefficient (Wildman–Crippen LogP) is 2.79. The van der Waals surface area contributed by atoms with E-state index in [9.17, 15) is 8.42 Å². The lowest BCUT2D eigenvalue weighted by molar-refractivity contribution is 0.428. The van der Waals surface area contributed by atoms with Gasteiger partial charge in [-0.1, -0.05) is 27.6 Å². The molecule has 0 saturated heterocycles. The van der Waals surface area contributed by atoms with Gasteiger partial charge >= 0.3 is 0 Å². The van der Waals surface area contributed by atoms with E-state index in [-0.39, 0.29) is 0 Å². The molecule has 1 aliphatic rings. The molecule has 0 N–H and O–H groups in total. The average Bonchev–Trinajstić information content (AvgIpc) is 2.29. The Morgan fingerprint density at radius 1 is 1.24 bits per heavy atom. The van der Waals surface area contributed by atoms with Crippen molar-refractivity contribution in [1.29, 1.82) is 0 Å². The van der Waals surface area contributed by atoms with Gasteiger partial charge < -0.3 is 0 Å². The second-order valence-electron chi connectivity index (χ2n) is 4.13. The monoisotopic (exact) mass is 315 g/mol. The van der Waals surface area contributed by atoms with Crippen molar-refractivity contribution in [2.45, 2.75) is 18.2 Å². The summed E-state index contributed by atoms with van der Waals surface area (Å²) in [6.45, 7) is 3.03. The molecular formula is C12H14BrNO2S. The third kappa shape index (κ3) is 2.78. The van der Waals surface area contributed by atoms with Crippen LogP contribution in [0.1, 0.15) is 13.3 Å². The smallest absolute Gasteiger partial charge is 0.207 e. The molecule has 2 rings (SSSR count). The van der Waals surface area contributed by atoms with Crippen LogP contribution in [-0.4, -0.2) is 25.8 Å². The van der Waals surface area contributed by atoms with Gasteiger partial charge in [0.2, 0.25) is 10.0 Å². The van der Waals surface area contributed by atoms with Crippen LogP contribution in [0.4, 0.5) is 0 Å². The van der Waals surface area contributed by atoms with E-state index >= 15 is 0 Å². The van der Waals surface area contributed by atoms with E-state index < -0.39 is 10.0 Å². The number of nitrogens with zero attached hydrogens (tertiary/aromatic N) is 1. The summed E-state index contributed by atoms with van der Waals surface area (Å²) < 4.78 is 27.1. The minimum absolute atomic E-state index is 0.357. The summed E-state index contributed by atoms with van der Waals surface area (Å²) in [5.74, 6) is 0. The summed E-state index contributed by atoms with van der Waals surface area (Å²) in [6.07, 6.45) is 2.88. The second kappa shape index (κ2) is 4.92. The molecule has 0 aromatic heterocycles. The van der Waals surface area contributed by atoms with Crippen molar-refractivity contribution < 1.29 is 8.42 Å². The Bertz CT molecular complexity index is 534. The van der Waals surface area contributed by atoms with E-state index in [1.54, 1.807) is 24.3 Å². The summed E-state index contributed by atoms with van der Waals surface area (Å²) in [5.41, 5.74) is 1.11. The fourth-order valence-electron chi connectivity index (χ4n) is 1.84. The van der Waals surface area contributed by atoms with Gasteiger partial charge in [0, 0.05) is 17.6 Å². The average molecular weight is 316 g/mol. The molecule has 0 saturated carbocycles. The molecule has 0 atom stereocenters. The van der Waals surface area contributed by atoms with Gasteiger partial charge in [-0.25, -0.2) is 8.42 Å². The molecule has 0 amide bonds. The van der Waals surface area contributed by atoms with E-state index in [1.807, 2.05) is 6.92 Å². The molecule has 1 aliphatic heterocycles. The molecular weight excluding hydrogens is 302 g/mol. The van der Waals surface area contributed by atoms with E-state index in [0.717, 1.165) is 16.5 Å². The quantitative estimate of drug-likeness (QED) is 0.787. The highest BCUT2D eigenvalue weighted by atomic mass is 79.9. The lowest BCUT2D eigenvalue weighted by Gasteiger charge is -2.25. The topological polar surface area (TPSA) is 37.4 Å².